The van der Waals surface area contributed by atoms with Crippen LogP contribution in [0.15, 0.2) is 59.1 Å². The van der Waals surface area contributed by atoms with E-state index in [1.165, 1.54) is 22.4 Å². The van der Waals surface area contributed by atoms with Gasteiger partial charge in [0, 0.05) is 57.1 Å². The number of piperazine rings is 1. The second kappa shape index (κ2) is 10.2. The minimum absolute atomic E-state index is 0.692. The smallest absolute Gasteiger partial charge is 0.131 e. The Balaban J connectivity index is 1.21. The van der Waals surface area contributed by atoms with Crippen molar-refractivity contribution in [1.82, 2.24) is 10.2 Å². The van der Waals surface area contributed by atoms with Crippen molar-refractivity contribution in [3.05, 3.63) is 76.4 Å². The first-order valence-electron chi connectivity index (χ1n) is 12.1. The fraction of sp³-hybridized carbons (Fsp3) is 0.464. The highest BCUT2D eigenvalue weighted by Gasteiger charge is 2.24. The lowest BCUT2D eigenvalue weighted by atomic mass is 9.92. The average Bonchev–Trinajstić information content (AvgIpc) is 3.26. The maximum absolute atomic E-state index is 14.6. The molecule has 1 saturated heterocycles. The molecule has 2 aromatic rings. The molecule has 0 amide bonds. The Morgan fingerprint density at radius 3 is 2.52 bits per heavy atom. The zero-order valence-electron chi connectivity index (χ0n) is 20.5. The molecule has 4 nitrogen and oxygen atoms in total. The van der Waals surface area contributed by atoms with Crippen LogP contribution in [0.3, 0.4) is 0 Å². The van der Waals surface area contributed by atoms with Crippen LogP contribution in [0, 0.1) is 13.8 Å². The van der Waals surface area contributed by atoms with Gasteiger partial charge in [0.2, 0.25) is 0 Å². The Kier molecular flexibility index (Phi) is 7.30. The number of nitrogens with one attached hydrogen (secondary N) is 1. The fourth-order valence-corrected chi connectivity index (χ4v) is 4.82. The normalized spacial score (nSPS) is 17.3. The van der Waals surface area contributed by atoms with Crippen molar-refractivity contribution in [2.75, 3.05) is 57.3 Å². The van der Waals surface area contributed by atoms with Crippen LogP contribution in [0.25, 0.3) is 0 Å². The Morgan fingerprint density at radius 2 is 1.79 bits per heavy atom. The lowest BCUT2D eigenvalue weighted by Crippen LogP contribution is -2.48. The number of allylic oxidation sites excluding steroid dienone is 1. The van der Waals surface area contributed by atoms with Crippen LogP contribution >= 0.6 is 0 Å². The summed E-state index contributed by atoms with van der Waals surface area (Å²) >= 11 is 0. The second-order valence-corrected chi connectivity index (χ2v) is 9.82. The van der Waals surface area contributed by atoms with E-state index in [-0.39, 0.29) is 0 Å². The number of halogens is 1. The van der Waals surface area contributed by atoms with E-state index in [4.69, 9.17) is 0 Å². The van der Waals surface area contributed by atoms with E-state index in [2.05, 4.69) is 58.2 Å². The van der Waals surface area contributed by atoms with Crippen molar-refractivity contribution in [3.8, 4) is 0 Å². The molecular weight excluding hydrogens is 411 g/mol. The predicted octanol–water partition coefficient (Wildman–Crippen LogP) is 4.65. The van der Waals surface area contributed by atoms with Crippen LogP contribution < -0.4 is 10.2 Å². The highest BCUT2D eigenvalue weighted by Crippen LogP contribution is 2.29. The number of aryl methyl sites for hydroxylation is 2. The van der Waals surface area contributed by atoms with E-state index in [1.807, 2.05) is 24.3 Å². The lowest BCUT2D eigenvalue weighted by Gasteiger charge is -2.37. The number of benzene rings is 2. The van der Waals surface area contributed by atoms with E-state index in [0.717, 1.165) is 57.1 Å². The number of rotatable bonds is 8. The summed E-state index contributed by atoms with van der Waals surface area (Å²) in [6.45, 7) is 15.5. The molecule has 0 unspecified atom stereocenters. The molecule has 33 heavy (non-hydrogen) atoms. The zero-order chi connectivity index (χ0) is 23.4. The van der Waals surface area contributed by atoms with Crippen molar-refractivity contribution >= 4 is 11.4 Å². The third-order valence-electron chi connectivity index (χ3n) is 6.66. The minimum atomic E-state index is -1.38. The van der Waals surface area contributed by atoms with Crippen LogP contribution in [-0.4, -0.2) is 63.0 Å². The molecule has 4 rings (SSSR count). The number of anilines is 1. The van der Waals surface area contributed by atoms with Crippen molar-refractivity contribution in [1.29, 1.82) is 0 Å². The summed E-state index contributed by atoms with van der Waals surface area (Å²) in [6.07, 6.45) is 2.13. The van der Waals surface area contributed by atoms with Gasteiger partial charge in [-0.05, 0) is 56.5 Å². The molecule has 2 aliphatic rings. The quantitative estimate of drug-likeness (QED) is 0.597. The molecule has 0 saturated carbocycles. The summed E-state index contributed by atoms with van der Waals surface area (Å²) in [5.41, 5.74) is 6.46. The molecule has 1 fully saturated rings. The van der Waals surface area contributed by atoms with Crippen LogP contribution in [0.5, 0.6) is 0 Å². The third-order valence-corrected chi connectivity index (χ3v) is 6.66. The van der Waals surface area contributed by atoms with Gasteiger partial charge in [0.05, 0.1) is 12.3 Å². The van der Waals surface area contributed by atoms with E-state index in [0.29, 0.717) is 12.1 Å². The van der Waals surface area contributed by atoms with Gasteiger partial charge in [0.25, 0.3) is 0 Å². The summed E-state index contributed by atoms with van der Waals surface area (Å²) in [7, 11) is 0. The number of nitrogens with zero attached hydrogens (tertiary/aromatic N) is 3. The summed E-state index contributed by atoms with van der Waals surface area (Å²) in [4.78, 5) is 9.73. The Labute approximate surface area is 198 Å². The molecule has 2 aromatic carbocycles. The van der Waals surface area contributed by atoms with Crippen molar-refractivity contribution in [3.63, 3.8) is 0 Å². The lowest BCUT2D eigenvalue weighted by molar-refractivity contribution is 0.221. The van der Waals surface area contributed by atoms with Gasteiger partial charge in [-0.15, -0.1) is 0 Å². The van der Waals surface area contributed by atoms with E-state index < -0.39 is 5.67 Å². The molecule has 176 valence electrons. The highest BCUT2D eigenvalue weighted by molar-refractivity contribution is 6.11. The maximum atomic E-state index is 14.6. The first kappa shape index (κ1) is 23.7. The molecule has 5 heteroatoms. The molecule has 0 bridgehead atoms. The largest absolute Gasteiger partial charge is 0.369 e. The summed E-state index contributed by atoms with van der Waals surface area (Å²) in [5, 5.41) is 3.58. The molecule has 0 atom stereocenters. The second-order valence-electron chi connectivity index (χ2n) is 9.82. The molecule has 2 aliphatic heterocycles. The van der Waals surface area contributed by atoms with Crippen LogP contribution in [0.4, 0.5) is 10.1 Å². The molecule has 0 aliphatic carbocycles. The first-order chi connectivity index (χ1) is 15.8. The van der Waals surface area contributed by atoms with Gasteiger partial charge in [-0.3, -0.25) is 9.89 Å². The Bertz CT molecular complexity index is 1030. The molecular formula is C28H37FN4. The molecule has 1 N–H and O–H groups in total. The van der Waals surface area contributed by atoms with Gasteiger partial charge in [0.15, 0.2) is 0 Å². The van der Waals surface area contributed by atoms with E-state index in [9.17, 15) is 4.39 Å². The van der Waals surface area contributed by atoms with E-state index >= 15 is 0 Å². The zero-order valence-corrected chi connectivity index (χ0v) is 20.5. The predicted molar refractivity (Wildman–Crippen MR) is 138 cm³/mol. The third kappa shape index (κ3) is 5.90. The van der Waals surface area contributed by atoms with Crippen LogP contribution in [0.2, 0.25) is 0 Å². The van der Waals surface area contributed by atoms with Gasteiger partial charge in [-0.2, -0.15) is 0 Å². The van der Waals surface area contributed by atoms with Gasteiger partial charge in [-0.1, -0.05) is 42.0 Å². The summed E-state index contributed by atoms with van der Waals surface area (Å²) < 4.78 is 14.6. The topological polar surface area (TPSA) is 30.9 Å². The molecule has 0 radical (unpaired) electrons. The number of hydrogen-bond donors (Lipinski definition) is 1. The van der Waals surface area contributed by atoms with Gasteiger partial charge < -0.3 is 10.2 Å². The van der Waals surface area contributed by atoms with Gasteiger partial charge in [-0.25, -0.2) is 4.39 Å². The minimum Gasteiger partial charge on any atom is -0.369 e. The summed E-state index contributed by atoms with van der Waals surface area (Å²) in [6, 6.07) is 14.4. The fourth-order valence-electron chi connectivity index (χ4n) is 4.82. The molecule has 0 aromatic heterocycles. The number of alkyl halides is 1. The highest BCUT2D eigenvalue weighted by atomic mass is 19.1. The Hall–Kier alpha value is -2.50. The number of hydrogen-bond acceptors (Lipinski definition) is 4. The first-order valence-corrected chi connectivity index (χ1v) is 12.1. The van der Waals surface area contributed by atoms with Crippen molar-refractivity contribution in [2.45, 2.75) is 33.4 Å². The SMILES string of the molecule is Cc1ccc(N2CCN(CCNCC3=CC(c4ccccc4C(C)(C)F)=NC3)CC2)c(C)c1. The van der Waals surface area contributed by atoms with Crippen molar-refractivity contribution in [2.24, 2.45) is 4.99 Å². The van der Waals surface area contributed by atoms with Gasteiger partial charge >= 0.3 is 0 Å². The standard InChI is InChI=1S/C28H37FN4/c1-21-9-10-27(22(2)17-21)33-15-13-32(14-16-33)12-11-30-19-23-18-26(31-20-23)24-7-5-6-8-25(24)28(3,4)29/h5-10,17-18,30H,11-16,19-20H2,1-4H3. The van der Waals surface area contributed by atoms with E-state index in [1.54, 1.807) is 13.8 Å². The van der Waals surface area contributed by atoms with Crippen molar-refractivity contribution < 1.29 is 4.39 Å². The monoisotopic (exact) mass is 448 g/mol. The molecule has 2 heterocycles. The Morgan fingerprint density at radius 1 is 1.03 bits per heavy atom. The number of aliphatic imine (C=N–C) groups is 1. The maximum Gasteiger partial charge on any atom is 0.131 e. The van der Waals surface area contributed by atoms with Crippen LogP contribution in [-0.2, 0) is 5.67 Å². The summed E-state index contributed by atoms with van der Waals surface area (Å²) in [5.74, 6) is 0. The average molecular weight is 449 g/mol. The van der Waals surface area contributed by atoms with Gasteiger partial charge in [0.1, 0.15) is 5.67 Å². The van der Waals surface area contributed by atoms with Crippen LogP contribution in [0.1, 0.15) is 36.1 Å². The molecule has 0 spiro atoms.